The van der Waals surface area contributed by atoms with Crippen LogP contribution in [0.4, 0.5) is 0 Å². The Morgan fingerprint density at radius 2 is 1.77 bits per heavy atom. The number of aliphatic hydroxyl groups is 1. The van der Waals surface area contributed by atoms with Gasteiger partial charge in [0.15, 0.2) is 17.6 Å². The minimum absolute atomic E-state index is 0.0144. The van der Waals surface area contributed by atoms with Crippen molar-refractivity contribution in [3.8, 4) is 0 Å². The molecule has 11 heteroatoms. The van der Waals surface area contributed by atoms with Crippen molar-refractivity contribution < 1.29 is 28.9 Å². The van der Waals surface area contributed by atoms with E-state index in [0.29, 0.717) is 12.3 Å². The van der Waals surface area contributed by atoms with Gasteiger partial charge in [-0.25, -0.2) is 0 Å². The summed E-state index contributed by atoms with van der Waals surface area (Å²) in [6.45, 7) is 5.20. The molecule has 0 radical (unpaired) electrons. The van der Waals surface area contributed by atoms with Gasteiger partial charge in [0.25, 0.3) is 5.91 Å². The SMILES string of the molecule is CC(=O)O[C@@H](C)C(=O)NCc1ccc([C@H]2O[C@@H](CSc3nncn3C)[C@@H](C)[C@@H](c3ccc(CO)cc3)O2)cc1. The largest absolute Gasteiger partial charge is 0.453 e. The third-order valence-corrected chi connectivity index (χ3v) is 7.72. The van der Waals surface area contributed by atoms with E-state index in [0.717, 1.165) is 27.4 Å². The molecule has 0 aliphatic carbocycles. The molecule has 5 atom stereocenters. The molecule has 1 aliphatic heterocycles. The van der Waals surface area contributed by atoms with Gasteiger partial charge in [-0.2, -0.15) is 0 Å². The summed E-state index contributed by atoms with van der Waals surface area (Å²) in [4.78, 5) is 23.2. The molecule has 2 N–H and O–H groups in total. The molecule has 10 nitrogen and oxygen atoms in total. The summed E-state index contributed by atoms with van der Waals surface area (Å²) in [5, 5.41) is 21.2. The van der Waals surface area contributed by atoms with Crippen LogP contribution in [0.5, 0.6) is 0 Å². The first-order valence-corrected chi connectivity index (χ1v) is 13.7. The molecule has 4 rings (SSSR count). The molecule has 2 aromatic carbocycles. The number of thioether (sulfide) groups is 1. The number of aliphatic hydroxyl groups excluding tert-OH is 1. The van der Waals surface area contributed by atoms with Crippen LogP contribution in [-0.2, 0) is 44.0 Å². The van der Waals surface area contributed by atoms with Gasteiger partial charge in [-0.05, 0) is 23.6 Å². The van der Waals surface area contributed by atoms with Crippen molar-refractivity contribution in [3.63, 3.8) is 0 Å². The highest BCUT2D eigenvalue weighted by atomic mass is 32.2. The summed E-state index contributed by atoms with van der Waals surface area (Å²) in [6.07, 6.45) is -0.127. The predicted octanol–water partition coefficient (Wildman–Crippen LogP) is 3.46. The molecule has 3 aromatic rings. The Morgan fingerprint density at radius 1 is 1.10 bits per heavy atom. The van der Waals surface area contributed by atoms with Crippen LogP contribution in [0, 0.1) is 5.92 Å². The Labute approximate surface area is 232 Å². The molecule has 1 amide bonds. The van der Waals surface area contributed by atoms with Crippen LogP contribution in [0.3, 0.4) is 0 Å². The number of carbonyl (C=O) groups excluding carboxylic acids is 2. The number of aryl methyl sites for hydroxylation is 1. The summed E-state index contributed by atoms with van der Waals surface area (Å²) in [6, 6.07) is 15.5. The third kappa shape index (κ3) is 7.45. The van der Waals surface area contributed by atoms with E-state index >= 15 is 0 Å². The van der Waals surface area contributed by atoms with E-state index in [9.17, 15) is 14.7 Å². The van der Waals surface area contributed by atoms with Crippen LogP contribution in [-0.4, -0.2) is 49.7 Å². The average Bonchev–Trinajstić information content (AvgIpc) is 3.35. The number of aromatic nitrogens is 3. The van der Waals surface area contributed by atoms with Gasteiger partial charge < -0.3 is 29.2 Å². The number of hydrogen-bond donors (Lipinski definition) is 2. The number of nitrogens with one attached hydrogen (secondary N) is 1. The third-order valence-electron chi connectivity index (χ3n) is 6.60. The van der Waals surface area contributed by atoms with E-state index in [2.05, 4.69) is 22.4 Å². The number of esters is 1. The molecular weight excluding hydrogens is 520 g/mol. The van der Waals surface area contributed by atoms with Crippen LogP contribution in [0.15, 0.2) is 60.0 Å². The van der Waals surface area contributed by atoms with Crippen LogP contribution in [0.25, 0.3) is 0 Å². The maximum Gasteiger partial charge on any atom is 0.303 e. The zero-order valence-electron chi connectivity index (χ0n) is 22.4. The molecule has 2 heterocycles. The van der Waals surface area contributed by atoms with Crippen LogP contribution in [0.1, 0.15) is 55.4 Å². The van der Waals surface area contributed by atoms with Crippen LogP contribution >= 0.6 is 11.8 Å². The van der Waals surface area contributed by atoms with Gasteiger partial charge >= 0.3 is 5.97 Å². The van der Waals surface area contributed by atoms with Crippen LogP contribution < -0.4 is 5.32 Å². The lowest BCUT2D eigenvalue weighted by Crippen LogP contribution is -2.38. The lowest BCUT2D eigenvalue weighted by Gasteiger charge is -2.41. The van der Waals surface area contributed by atoms with Gasteiger partial charge in [0, 0.05) is 37.8 Å². The first-order chi connectivity index (χ1) is 18.7. The van der Waals surface area contributed by atoms with Gasteiger partial charge in [0.1, 0.15) is 6.33 Å². The Bertz CT molecular complexity index is 1250. The van der Waals surface area contributed by atoms with Gasteiger partial charge in [-0.15, -0.1) is 10.2 Å². The van der Waals surface area contributed by atoms with E-state index in [1.54, 1.807) is 18.1 Å². The molecule has 39 heavy (non-hydrogen) atoms. The van der Waals surface area contributed by atoms with Crippen molar-refractivity contribution >= 4 is 23.6 Å². The van der Waals surface area contributed by atoms with Crippen LogP contribution in [0.2, 0.25) is 0 Å². The number of hydrogen-bond acceptors (Lipinski definition) is 9. The first-order valence-electron chi connectivity index (χ1n) is 12.8. The zero-order chi connectivity index (χ0) is 27.9. The van der Waals surface area contributed by atoms with E-state index in [1.807, 2.05) is 60.1 Å². The van der Waals surface area contributed by atoms with Gasteiger partial charge in [0.2, 0.25) is 0 Å². The molecule has 0 unspecified atom stereocenters. The molecule has 0 saturated carbocycles. The highest BCUT2D eigenvalue weighted by molar-refractivity contribution is 7.99. The number of amides is 1. The molecule has 1 saturated heterocycles. The minimum Gasteiger partial charge on any atom is -0.453 e. The fourth-order valence-electron chi connectivity index (χ4n) is 4.30. The molecule has 1 aromatic heterocycles. The molecular formula is C28H34N4O6S. The normalized spacial score (nSPS) is 21.8. The summed E-state index contributed by atoms with van der Waals surface area (Å²) in [5.74, 6) is -0.139. The zero-order valence-corrected chi connectivity index (χ0v) is 23.3. The van der Waals surface area contributed by atoms with Gasteiger partial charge in [0.05, 0.1) is 18.8 Å². The lowest BCUT2D eigenvalue weighted by atomic mass is 9.91. The Balaban J connectivity index is 1.47. The molecule has 1 aliphatic rings. The quantitative estimate of drug-likeness (QED) is 0.286. The second-order valence-corrected chi connectivity index (χ2v) is 10.6. The summed E-state index contributed by atoms with van der Waals surface area (Å²) >= 11 is 1.59. The number of ether oxygens (including phenoxy) is 3. The summed E-state index contributed by atoms with van der Waals surface area (Å²) in [5.41, 5.74) is 3.60. The van der Waals surface area contributed by atoms with Crippen molar-refractivity contribution in [2.45, 2.75) is 63.7 Å². The average molecular weight is 555 g/mol. The molecule has 0 spiro atoms. The highest BCUT2D eigenvalue weighted by Crippen LogP contribution is 2.42. The number of benzene rings is 2. The molecule has 0 bridgehead atoms. The topological polar surface area (TPSA) is 125 Å². The molecule has 208 valence electrons. The van der Waals surface area contributed by atoms with Crippen molar-refractivity contribution in [2.75, 3.05) is 5.75 Å². The fourth-order valence-corrected chi connectivity index (χ4v) is 5.35. The van der Waals surface area contributed by atoms with E-state index < -0.39 is 18.4 Å². The number of nitrogens with zero attached hydrogens (tertiary/aromatic N) is 3. The second-order valence-electron chi connectivity index (χ2n) is 9.57. The Kier molecular flexibility index (Phi) is 9.73. The van der Waals surface area contributed by atoms with E-state index in [4.69, 9.17) is 14.2 Å². The first kappa shape index (κ1) is 28.8. The molecule has 1 fully saturated rings. The summed E-state index contributed by atoms with van der Waals surface area (Å²) in [7, 11) is 1.91. The standard InChI is InChI=1S/C28H34N4O6S/c1-17-24(15-39-28-31-30-16-32(28)4)37-27(38-25(17)22-9-7-21(14-33)8-10-22)23-11-5-20(6-12-23)13-29-26(35)18(2)36-19(3)34/h5-12,16-18,24-25,27,33H,13-15H2,1-4H3,(H,29,35)/t17-,18+,24+,25+,27+/m1/s1. The van der Waals surface area contributed by atoms with E-state index in [-0.39, 0.29) is 30.6 Å². The van der Waals surface area contributed by atoms with E-state index in [1.165, 1.54) is 13.8 Å². The number of carbonyl (C=O) groups is 2. The van der Waals surface area contributed by atoms with Gasteiger partial charge in [-0.3, -0.25) is 9.59 Å². The second kappa shape index (κ2) is 13.2. The van der Waals surface area contributed by atoms with Gasteiger partial charge in [-0.1, -0.05) is 67.2 Å². The Hall–Kier alpha value is -3.25. The van der Waals surface area contributed by atoms with Crippen molar-refractivity contribution in [3.05, 3.63) is 77.1 Å². The summed E-state index contributed by atoms with van der Waals surface area (Å²) < 4.78 is 19.8. The number of rotatable bonds is 10. The van der Waals surface area contributed by atoms with Crippen molar-refractivity contribution in [1.82, 2.24) is 20.1 Å². The smallest absolute Gasteiger partial charge is 0.303 e. The Morgan fingerprint density at radius 3 is 2.38 bits per heavy atom. The van der Waals surface area contributed by atoms with Crippen molar-refractivity contribution in [1.29, 1.82) is 0 Å². The lowest BCUT2D eigenvalue weighted by molar-refractivity contribution is -0.268. The van der Waals surface area contributed by atoms with Crippen molar-refractivity contribution in [2.24, 2.45) is 13.0 Å². The highest BCUT2D eigenvalue weighted by Gasteiger charge is 2.38. The minimum atomic E-state index is -0.854. The maximum atomic E-state index is 12.2. The predicted molar refractivity (Wildman–Crippen MR) is 144 cm³/mol. The monoisotopic (exact) mass is 554 g/mol. The maximum absolute atomic E-state index is 12.2. The fraction of sp³-hybridized carbons (Fsp3) is 0.429.